The van der Waals surface area contributed by atoms with E-state index in [9.17, 15) is 14.4 Å². The summed E-state index contributed by atoms with van der Waals surface area (Å²) in [5, 5.41) is 2.57. The Kier molecular flexibility index (Phi) is 6.85. The molecule has 0 saturated carbocycles. The molecule has 0 radical (unpaired) electrons. The van der Waals surface area contributed by atoms with Crippen molar-refractivity contribution in [2.45, 2.75) is 6.92 Å². The summed E-state index contributed by atoms with van der Waals surface area (Å²) in [5.74, 6) is 1.56. The van der Waals surface area contributed by atoms with Gasteiger partial charge in [0, 0.05) is 0 Å². The fourth-order valence-electron chi connectivity index (χ4n) is 2.80. The number of hydrogen-bond donors (Lipinski definition) is 1. The van der Waals surface area contributed by atoms with Crippen molar-refractivity contribution in [1.82, 2.24) is 5.32 Å². The second-order valence-corrected chi connectivity index (χ2v) is 7.00. The zero-order chi connectivity index (χ0) is 22.5. The Bertz CT molecular complexity index is 1140. The minimum Gasteiger partial charge on any atom is -0.490 e. The van der Waals surface area contributed by atoms with Crippen LogP contribution in [0.3, 0.4) is 0 Å². The van der Waals surface area contributed by atoms with Crippen molar-refractivity contribution >= 4 is 52.8 Å². The lowest BCUT2D eigenvalue weighted by Gasteiger charge is -2.26. The summed E-state index contributed by atoms with van der Waals surface area (Å²) >= 11 is 11.9. The molecule has 0 atom stereocenters. The number of benzene rings is 2. The van der Waals surface area contributed by atoms with E-state index in [1.807, 2.05) is 0 Å². The van der Waals surface area contributed by atoms with Gasteiger partial charge in [0.1, 0.15) is 12.2 Å². The zero-order valence-electron chi connectivity index (χ0n) is 16.3. The van der Waals surface area contributed by atoms with Gasteiger partial charge in [-0.05, 0) is 48.9 Å². The van der Waals surface area contributed by atoms with Crippen molar-refractivity contribution in [3.8, 4) is 23.8 Å². The van der Waals surface area contributed by atoms with Crippen molar-refractivity contribution in [1.29, 1.82) is 0 Å². The number of terminal acetylenes is 1. The Balaban J connectivity index is 1.98. The van der Waals surface area contributed by atoms with Crippen LogP contribution in [-0.4, -0.2) is 31.1 Å². The Morgan fingerprint density at radius 3 is 2.52 bits per heavy atom. The second kappa shape index (κ2) is 9.56. The van der Waals surface area contributed by atoms with Crippen LogP contribution in [0.4, 0.5) is 10.5 Å². The van der Waals surface area contributed by atoms with Crippen molar-refractivity contribution in [3.05, 3.63) is 57.6 Å². The molecule has 0 aromatic heterocycles. The van der Waals surface area contributed by atoms with E-state index in [0.717, 1.165) is 4.90 Å². The lowest BCUT2D eigenvalue weighted by Crippen LogP contribution is -2.54. The van der Waals surface area contributed by atoms with E-state index < -0.39 is 17.8 Å². The summed E-state index contributed by atoms with van der Waals surface area (Å²) in [4.78, 5) is 38.5. The maximum atomic E-state index is 13.0. The molecule has 0 unspecified atom stereocenters. The number of halogens is 2. The number of imide groups is 2. The third-order valence-electron chi connectivity index (χ3n) is 4.15. The lowest BCUT2D eigenvalue weighted by molar-refractivity contribution is -0.122. The minimum absolute atomic E-state index is 0.0577. The van der Waals surface area contributed by atoms with Gasteiger partial charge in [0.2, 0.25) is 0 Å². The molecule has 158 valence electrons. The second-order valence-electron chi connectivity index (χ2n) is 6.19. The van der Waals surface area contributed by atoms with Crippen LogP contribution < -0.4 is 19.7 Å². The first-order valence-corrected chi connectivity index (χ1v) is 9.81. The van der Waals surface area contributed by atoms with Gasteiger partial charge in [-0.1, -0.05) is 35.2 Å². The highest BCUT2D eigenvalue weighted by Gasteiger charge is 2.37. The highest BCUT2D eigenvalue weighted by Crippen LogP contribution is 2.31. The lowest BCUT2D eigenvalue weighted by atomic mass is 10.1. The van der Waals surface area contributed by atoms with Crippen LogP contribution in [0.1, 0.15) is 12.5 Å². The maximum absolute atomic E-state index is 13.0. The molecule has 9 heteroatoms. The van der Waals surface area contributed by atoms with E-state index in [1.165, 1.54) is 24.3 Å². The van der Waals surface area contributed by atoms with Gasteiger partial charge < -0.3 is 9.47 Å². The Morgan fingerprint density at radius 1 is 1.06 bits per heavy atom. The Labute approximate surface area is 188 Å². The first kappa shape index (κ1) is 22.2. The van der Waals surface area contributed by atoms with E-state index in [4.69, 9.17) is 39.1 Å². The number of anilines is 1. The number of barbiturate groups is 1. The summed E-state index contributed by atoms with van der Waals surface area (Å²) in [5.41, 5.74) is 0.409. The van der Waals surface area contributed by atoms with Gasteiger partial charge in [0.15, 0.2) is 11.5 Å². The standard InChI is InChI=1S/C22H16Cl2N2O5/c1-3-9-31-18-8-5-13(11-19(18)30-4-2)10-15-20(27)25-22(29)26(21(15)28)14-6-7-16(23)17(24)12-14/h1,5-8,10-12H,4,9H2,2H3,(H,25,27,29)/b15-10+. The van der Waals surface area contributed by atoms with Crippen molar-refractivity contribution in [3.63, 3.8) is 0 Å². The van der Waals surface area contributed by atoms with Crippen LogP contribution in [0, 0.1) is 12.3 Å². The van der Waals surface area contributed by atoms with Gasteiger partial charge in [-0.2, -0.15) is 0 Å². The molecule has 1 saturated heterocycles. The molecule has 2 aromatic rings. The van der Waals surface area contributed by atoms with Gasteiger partial charge in [0.25, 0.3) is 11.8 Å². The van der Waals surface area contributed by atoms with E-state index in [-0.39, 0.29) is 27.9 Å². The summed E-state index contributed by atoms with van der Waals surface area (Å²) < 4.78 is 11.0. The highest BCUT2D eigenvalue weighted by atomic mass is 35.5. The third-order valence-corrected chi connectivity index (χ3v) is 4.89. The van der Waals surface area contributed by atoms with Crippen LogP contribution in [-0.2, 0) is 9.59 Å². The predicted octanol–water partition coefficient (Wildman–Crippen LogP) is 4.07. The van der Waals surface area contributed by atoms with Crippen LogP contribution in [0.2, 0.25) is 10.0 Å². The van der Waals surface area contributed by atoms with Gasteiger partial charge >= 0.3 is 6.03 Å². The van der Waals surface area contributed by atoms with Gasteiger partial charge in [-0.15, -0.1) is 6.42 Å². The quantitative estimate of drug-likeness (QED) is 0.400. The fourth-order valence-corrected chi connectivity index (χ4v) is 3.10. The molecule has 1 N–H and O–H groups in total. The normalized spacial score (nSPS) is 15.0. The average Bonchev–Trinajstić information content (AvgIpc) is 2.73. The summed E-state index contributed by atoms with van der Waals surface area (Å²) in [6.07, 6.45) is 6.57. The number of carbonyl (C=O) groups excluding carboxylic acids is 3. The third kappa shape index (κ3) is 4.82. The largest absolute Gasteiger partial charge is 0.490 e. The molecule has 1 aliphatic heterocycles. The molecule has 0 spiro atoms. The van der Waals surface area contributed by atoms with Gasteiger partial charge in [-0.3, -0.25) is 14.9 Å². The van der Waals surface area contributed by atoms with Crippen molar-refractivity contribution in [2.75, 3.05) is 18.1 Å². The SMILES string of the molecule is C#CCOc1ccc(/C=C2\C(=O)NC(=O)N(c3ccc(Cl)c(Cl)c3)C2=O)cc1OCC. The van der Waals surface area contributed by atoms with Crippen LogP contribution in [0.5, 0.6) is 11.5 Å². The van der Waals surface area contributed by atoms with Crippen molar-refractivity contribution < 1.29 is 23.9 Å². The topological polar surface area (TPSA) is 84.9 Å². The van der Waals surface area contributed by atoms with Crippen LogP contribution in [0.15, 0.2) is 42.0 Å². The number of carbonyl (C=O) groups is 3. The molecule has 31 heavy (non-hydrogen) atoms. The van der Waals surface area contributed by atoms with E-state index in [0.29, 0.717) is 23.7 Å². The average molecular weight is 459 g/mol. The zero-order valence-corrected chi connectivity index (χ0v) is 17.8. The fraction of sp³-hybridized carbons (Fsp3) is 0.136. The van der Waals surface area contributed by atoms with Crippen LogP contribution >= 0.6 is 23.2 Å². The number of urea groups is 1. The Hall–Kier alpha value is -3.47. The van der Waals surface area contributed by atoms with E-state index >= 15 is 0 Å². The molecule has 1 heterocycles. The molecule has 1 aliphatic rings. The van der Waals surface area contributed by atoms with E-state index in [2.05, 4.69) is 11.2 Å². The molecule has 2 aromatic carbocycles. The highest BCUT2D eigenvalue weighted by molar-refractivity contribution is 6.43. The van der Waals surface area contributed by atoms with Gasteiger partial charge in [-0.25, -0.2) is 9.69 Å². The number of nitrogens with one attached hydrogen (secondary N) is 1. The molecular formula is C22H16Cl2N2O5. The summed E-state index contributed by atoms with van der Waals surface area (Å²) in [6, 6.07) is 8.21. The molecular weight excluding hydrogens is 443 g/mol. The molecule has 3 rings (SSSR count). The monoisotopic (exact) mass is 458 g/mol. The first-order valence-electron chi connectivity index (χ1n) is 9.05. The summed E-state index contributed by atoms with van der Waals surface area (Å²) in [6.45, 7) is 2.22. The predicted molar refractivity (Wildman–Crippen MR) is 117 cm³/mol. The Morgan fingerprint density at radius 2 is 1.84 bits per heavy atom. The van der Waals surface area contributed by atoms with Crippen molar-refractivity contribution in [2.24, 2.45) is 0 Å². The number of rotatable bonds is 6. The molecule has 1 fully saturated rings. The molecule has 4 amide bonds. The molecule has 0 bridgehead atoms. The number of hydrogen-bond acceptors (Lipinski definition) is 5. The minimum atomic E-state index is -0.890. The van der Waals surface area contributed by atoms with E-state index in [1.54, 1.807) is 25.1 Å². The number of amides is 4. The summed E-state index contributed by atoms with van der Waals surface area (Å²) in [7, 11) is 0. The number of ether oxygens (including phenoxy) is 2. The van der Waals surface area contributed by atoms with Crippen LogP contribution in [0.25, 0.3) is 6.08 Å². The first-order chi connectivity index (χ1) is 14.8. The van der Waals surface area contributed by atoms with Gasteiger partial charge in [0.05, 0.1) is 22.3 Å². The smallest absolute Gasteiger partial charge is 0.335 e. The number of nitrogens with zero attached hydrogens (tertiary/aromatic N) is 1. The molecule has 0 aliphatic carbocycles. The maximum Gasteiger partial charge on any atom is 0.335 e. The molecule has 7 nitrogen and oxygen atoms in total.